The second-order valence-electron chi connectivity index (χ2n) is 6.94. The maximum atomic E-state index is 13.1. The third kappa shape index (κ3) is 2.63. The van der Waals surface area contributed by atoms with Crippen LogP contribution in [0.2, 0.25) is 0 Å². The van der Waals surface area contributed by atoms with Gasteiger partial charge in [0.1, 0.15) is 5.82 Å². The van der Waals surface area contributed by atoms with Gasteiger partial charge in [0.05, 0.1) is 0 Å². The average Bonchev–Trinajstić information content (AvgIpc) is 2.88. The lowest BCUT2D eigenvalue weighted by Crippen LogP contribution is -2.35. The molecular formula is C21H23FN2. The van der Waals surface area contributed by atoms with Crippen LogP contribution in [0.1, 0.15) is 23.7 Å². The average molecular weight is 322 g/mol. The minimum absolute atomic E-state index is 0.167. The highest BCUT2D eigenvalue weighted by Crippen LogP contribution is 2.32. The number of fused-ring (bicyclic) bond motifs is 3. The molecule has 0 saturated heterocycles. The fraction of sp³-hybridized carbons (Fsp3) is 0.333. The van der Waals surface area contributed by atoms with E-state index in [4.69, 9.17) is 0 Å². The molecule has 3 heteroatoms. The largest absolute Gasteiger partial charge is 0.344 e. The Morgan fingerprint density at radius 1 is 1.08 bits per heavy atom. The Kier molecular flexibility index (Phi) is 3.89. The SMILES string of the molecule is CC1Cc2c(c3ccccc3n2CCc2ccc(F)cc2)CN1C. The summed E-state index contributed by atoms with van der Waals surface area (Å²) in [6, 6.07) is 16.2. The molecule has 0 N–H and O–H groups in total. The summed E-state index contributed by atoms with van der Waals surface area (Å²) < 4.78 is 15.6. The van der Waals surface area contributed by atoms with Crippen molar-refractivity contribution in [1.82, 2.24) is 9.47 Å². The first kappa shape index (κ1) is 15.4. The number of hydrogen-bond donors (Lipinski definition) is 0. The summed E-state index contributed by atoms with van der Waals surface area (Å²) in [7, 11) is 2.21. The van der Waals surface area contributed by atoms with Gasteiger partial charge in [-0.3, -0.25) is 4.90 Å². The lowest BCUT2D eigenvalue weighted by atomic mass is 10.00. The topological polar surface area (TPSA) is 8.17 Å². The van der Waals surface area contributed by atoms with Crippen LogP contribution >= 0.6 is 0 Å². The van der Waals surface area contributed by atoms with Crippen LogP contribution in [0.4, 0.5) is 4.39 Å². The zero-order chi connectivity index (χ0) is 16.7. The van der Waals surface area contributed by atoms with E-state index in [2.05, 4.69) is 47.7 Å². The third-order valence-electron chi connectivity index (χ3n) is 5.38. The van der Waals surface area contributed by atoms with Crippen LogP contribution in [0, 0.1) is 5.82 Å². The van der Waals surface area contributed by atoms with Crippen molar-refractivity contribution in [3.8, 4) is 0 Å². The van der Waals surface area contributed by atoms with Crippen molar-refractivity contribution >= 4 is 10.9 Å². The van der Waals surface area contributed by atoms with Crippen LogP contribution in [0.15, 0.2) is 48.5 Å². The monoisotopic (exact) mass is 322 g/mol. The molecule has 4 rings (SSSR count). The van der Waals surface area contributed by atoms with E-state index in [0.717, 1.165) is 25.9 Å². The molecule has 2 aromatic carbocycles. The van der Waals surface area contributed by atoms with Gasteiger partial charge >= 0.3 is 0 Å². The number of hydrogen-bond acceptors (Lipinski definition) is 1. The van der Waals surface area contributed by atoms with E-state index in [1.807, 2.05) is 12.1 Å². The molecule has 0 aliphatic carbocycles. The molecule has 24 heavy (non-hydrogen) atoms. The molecule has 124 valence electrons. The number of likely N-dealkylation sites (N-methyl/N-ethyl adjacent to an activating group) is 1. The first-order chi connectivity index (χ1) is 11.6. The smallest absolute Gasteiger partial charge is 0.123 e. The number of para-hydroxylation sites is 1. The molecule has 0 saturated carbocycles. The number of benzene rings is 2. The number of rotatable bonds is 3. The molecule has 0 bridgehead atoms. The maximum Gasteiger partial charge on any atom is 0.123 e. The summed E-state index contributed by atoms with van der Waals surface area (Å²) in [5.41, 5.74) is 5.46. The fourth-order valence-corrected chi connectivity index (χ4v) is 3.83. The number of aromatic nitrogens is 1. The number of nitrogens with zero attached hydrogens (tertiary/aromatic N) is 2. The van der Waals surface area contributed by atoms with Crippen LogP contribution in [0.3, 0.4) is 0 Å². The van der Waals surface area contributed by atoms with E-state index in [1.165, 1.54) is 27.7 Å². The van der Waals surface area contributed by atoms with E-state index >= 15 is 0 Å². The van der Waals surface area contributed by atoms with Gasteiger partial charge < -0.3 is 4.57 Å². The van der Waals surface area contributed by atoms with Crippen molar-refractivity contribution in [2.45, 2.75) is 38.9 Å². The second-order valence-corrected chi connectivity index (χ2v) is 6.94. The Morgan fingerprint density at radius 3 is 2.62 bits per heavy atom. The minimum atomic E-state index is -0.167. The Morgan fingerprint density at radius 2 is 1.83 bits per heavy atom. The van der Waals surface area contributed by atoms with Crippen LogP contribution < -0.4 is 0 Å². The zero-order valence-electron chi connectivity index (χ0n) is 14.3. The van der Waals surface area contributed by atoms with Crippen molar-refractivity contribution in [2.24, 2.45) is 0 Å². The molecule has 0 fully saturated rings. The molecule has 1 aliphatic rings. The van der Waals surface area contributed by atoms with Crippen molar-refractivity contribution in [2.75, 3.05) is 7.05 Å². The van der Waals surface area contributed by atoms with Gasteiger partial charge in [0.2, 0.25) is 0 Å². The Labute approximate surface area is 142 Å². The zero-order valence-corrected chi connectivity index (χ0v) is 14.3. The molecule has 0 amide bonds. The molecule has 2 nitrogen and oxygen atoms in total. The van der Waals surface area contributed by atoms with E-state index in [0.29, 0.717) is 6.04 Å². The molecule has 3 aromatic rings. The van der Waals surface area contributed by atoms with Gasteiger partial charge in [0.25, 0.3) is 0 Å². The predicted molar refractivity (Wildman–Crippen MR) is 96.7 cm³/mol. The molecule has 1 aromatic heterocycles. The van der Waals surface area contributed by atoms with Gasteiger partial charge in [-0.1, -0.05) is 30.3 Å². The Hall–Kier alpha value is -2.13. The summed E-state index contributed by atoms with van der Waals surface area (Å²) in [4.78, 5) is 2.43. The summed E-state index contributed by atoms with van der Waals surface area (Å²) in [6.07, 6.45) is 2.01. The van der Waals surface area contributed by atoms with E-state index in [1.54, 1.807) is 12.1 Å². The van der Waals surface area contributed by atoms with Gasteiger partial charge in [-0.25, -0.2) is 4.39 Å². The predicted octanol–water partition coefficient (Wildman–Crippen LogP) is 4.40. The highest BCUT2D eigenvalue weighted by atomic mass is 19.1. The molecule has 0 spiro atoms. The van der Waals surface area contributed by atoms with Gasteiger partial charge in [-0.05, 0) is 49.7 Å². The van der Waals surface area contributed by atoms with Crippen molar-refractivity contribution < 1.29 is 4.39 Å². The molecule has 1 atom stereocenters. The van der Waals surface area contributed by atoms with Gasteiger partial charge in [-0.2, -0.15) is 0 Å². The summed E-state index contributed by atoms with van der Waals surface area (Å²) in [5.74, 6) is -0.167. The lowest BCUT2D eigenvalue weighted by molar-refractivity contribution is 0.228. The summed E-state index contributed by atoms with van der Waals surface area (Å²) in [6.45, 7) is 4.25. The van der Waals surface area contributed by atoms with Gasteiger partial charge in [0, 0.05) is 42.1 Å². The first-order valence-corrected chi connectivity index (χ1v) is 8.67. The van der Waals surface area contributed by atoms with E-state index < -0.39 is 0 Å². The van der Waals surface area contributed by atoms with Crippen molar-refractivity contribution in [3.05, 3.63) is 71.2 Å². The van der Waals surface area contributed by atoms with Crippen LogP contribution in [0.5, 0.6) is 0 Å². The van der Waals surface area contributed by atoms with Gasteiger partial charge in [-0.15, -0.1) is 0 Å². The minimum Gasteiger partial charge on any atom is -0.344 e. The highest BCUT2D eigenvalue weighted by Gasteiger charge is 2.26. The van der Waals surface area contributed by atoms with E-state index in [9.17, 15) is 4.39 Å². The van der Waals surface area contributed by atoms with Crippen molar-refractivity contribution in [1.29, 1.82) is 0 Å². The summed E-state index contributed by atoms with van der Waals surface area (Å²) >= 11 is 0. The highest BCUT2D eigenvalue weighted by molar-refractivity contribution is 5.85. The Balaban J connectivity index is 1.72. The first-order valence-electron chi connectivity index (χ1n) is 8.67. The van der Waals surface area contributed by atoms with Crippen LogP contribution in [-0.4, -0.2) is 22.6 Å². The molecule has 1 unspecified atom stereocenters. The number of aryl methyl sites for hydroxylation is 2. The Bertz CT molecular complexity index is 863. The van der Waals surface area contributed by atoms with Gasteiger partial charge in [0.15, 0.2) is 0 Å². The summed E-state index contributed by atoms with van der Waals surface area (Å²) in [5, 5.41) is 1.38. The molecular weight excluding hydrogens is 299 g/mol. The molecule has 1 aliphatic heterocycles. The maximum absolute atomic E-state index is 13.1. The fourth-order valence-electron chi connectivity index (χ4n) is 3.83. The standard InChI is InChI=1S/C21H23FN2/c1-15-13-21-19(14-23(15)2)18-5-3-4-6-20(18)24(21)12-11-16-7-9-17(22)10-8-16/h3-10,15H,11-14H2,1-2H3. The van der Waals surface area contributed by atoms with E-state index in [-0.39, 0.29) is 5.82 Å². The van der Waals surface area contributed by atoms with Crippen LogP contribution in [-0.2, 0) is 25.9 Å². The molecule has 2 heterocycles. The third-order valence-corrected chi connectivity index (χ3v) is 5.38. The van der Waals surface area contributed by atoms with Crippen molar-refractivity contribution in [3.63, 3.8) is 0 Å². The number of halogens is 1. The lowest BCUT2D eigenvalue weighted by Gasteiger charge is -2.31. The van der Waals surface area contributed by atoms with Crippen LogP contribution in [0.25, 0.3) is 10.9 Å². The molecule has 0 radical (unpaired) electrons. The normalized spacial score (nSPS) is 18.0. The quantitative estimate of drug-likeness (QED) is 0.694. The second kappa shape index (κ2) is 6.06.